The van der Waals surface area contributed by atoms with E-state index in [-0.39, 0.29) is 5.82 Å². The monoisotopic (exact) mass is 268 g/mol. The molecular weight excluding hydrogens is 247 g/mol. The molecule has 0 spiro atoms. The van der Waals surface area contributed by atoms with Gasteiger partial charge in [-0.15, -0.1) is 0 Å². The number of rotatable bonds is 3. The van der Waals surface area contributed by atoms with Crippen LogP contribution >= 0.6 is 0 Å². The number of nitrogen functional groups attached to an aromatic ring is 1. The molecule has 0 aliphatic carbocycles. The second-order valence-electron chi connectivity index (χ2n) is 5.13. The highest BCUT2D eigenvalue weighted by atomic mass is 19.1. The van der Waals surface area contributed by atoms with E-state index in [9.17, 15) is 4.39 Å². The zero-order valence-electron chi connectivity index (χ0n) is 11.6. The van der Waals surface area contributed by atoms with E-state index in [1.807, 2.05) is 0 Å². The first-order valence-corrected chi connectivity index (χ1v) is 6.39. The minimum absolute atomic E-state index is 0.0642. The van der Waals surface area contributed by atoms with E-state index in [1.165, 1.54) is 0 Å². The Morgan fingerprint density at radius 1 is 1.37 bits per heavy atom. The number of aromatic nitrogens is 2. The van der Waals surface area contributed by atoms with E-state index in [0.717, 1.165) is 19.6 Å². The average molecular weight is 268 g/mol. The van der Waals surface area contributed by atoms with Gasteiger partial charge in [-0.05, 0) is 21.0 Å². The lowest BCUT2D eigenvalue weighted by molar-refractivity contribution is 0.113. The van der Waals surface area contributed by atoms with Gasteiger partial charge in [0.2, 0.25) is 0 Å². The maximum atomic E-state index is 13.6. The Kier molecular flexibility index (Phi) is 4.28. The lowest BCUT2D eigenvalue weighted by Gasteiger charge is -2.37. The molecule has 1 unspecified atom stereocenters. The molecule has 0 amide bonds. The number of halogens is 1. The van der Waals surface area contributed by atoms with Crippen molar-refractivity contribution in [3.05, 3.63) is 17.3 Å². The number of hydrogen-bond acceptors (Lipinski definition) is 6. The van der Waals surface area contributed by atoms with Crippen LogP contribution in [0.4, 0.5) is 10.2 Å². The third-order valence-electron chi connectivity index (χ3n) is 3.60. The van der Waals surface area contributed by atoms with Gasteiger partial charge in [0.1, 0.15) is 5.82 Å². The Morgan fingerprint density at radius 2 is 2.11 bits per heavy atom. The highest BCUT2D eigenvalue weighted by molar-refractivity contribution is 5.36. The number of anilines is 1. The van der Waals surface area contributed by atoms with Gasteiger partial charge in [-0.2, -0.15) is 0 Å². The van der Waals surface area contributed by atoms with Gasteiger partial charge in [-0.3, -0.25) is 0 Å². The molecule has 106 valence electrons. The molecule has 3 N–H and O–H groups in total. The van der Waals surface area contributed by atoms with Crippen LogP contribution in [0.2, 0.25) is 0 Å². The van der Waals surface area contributed by atoms with Crippen LogP contribution in [0.15, 0.2) is 0 Å². The maximum Gasteiger partial charge on any atom is 0.187 e. The summed E-state index contributed by atoms with van der Waals surface area (Å²) >= 11 is 0. The maximum absolute atomic E-state index is 13.6. The summed E-state index contributed by atoms with van der Waals surface area (Å²) in [6.45, 7) is 4.66. The minimum Gasteiger partial charge on any atom is -0.306 e. The van der Waals surface area contributed by atoms with Gasteiger partial charge in [0.05, 0.1) is 5.69 Å². The van der Waals surface area contributed by atoms with Gasteiger partial charge in [0.15, 0.2) is 11.6 Å². The van der Waals surface area contributed by atoms with Crippen molar-refractivity contribution in [1.29, 1.82) is 0 Å². The van der Waals surface area contributed by atoms with Gasteiger partial charge in [-0.1, -0.05) is 0 Å². The average Bonchev–Trinajstić information content (AvgIpc) is 2.38. The predicted molar refractivity (Wildman–Crippen MR) is 72.2 cm³/mol. The van der Waals surface area contributed by atoms with Crippen molar-refractivity contribution in [1.82, 2.24) is 19.8 Å². The molecule has 1 aliphatic rings. The van der Waals surface area contributed by atoms with Crippen LogP contribution in [0.25, 0.3) is 0 Å². The normalized spacial score (nSPS) is 21.6. The summed E-state index contributed by atoms with van der Waals surface area (Å²) in [7, 11) is 4.19. The summed E-state index contributed by atoms with van der Waals surface area (Å²) in [6, 6.07) is 0.342. The molecule has 0 aromatic carbocycles. The molecule has 7 heteroatoms. The lowest BCUT2D eigenvalue weighted by atomic mass is 10.1. The molecule has 0 bridgehead atoms. The number of piperazine rings is 1. The SMILES string of the molecule is Cc1nc(CC2CN(C)CCN2C)nc(NN)c1F. The number of hydrazine groups is 1. The molecule has 1 atom stereocenters. The molecule has 1 aromatic heterocycles. The fraction of sp³-hybridized carbons (Fsp3) is 0.667. The molecule has 6 nitrogen and oxygen atoms in total. The molecule has 1 aromatic rings. The second-order valence-corrected chi connectivity index (χ2v) is 5.13. The topological polar surface area (TPSA) is 70.3 Å². The fourth-order valence-electron chi connectivity index (χ4n) is 2.34. The summed E-state index contributed by atoms with van der Waals surface area (Å²) in [5.41, 5.74) is 2.61. The molecule has 2 rings (SSSR count). The Labute approximate surface area is 112 Å². The smallest absolute Gasteiger partial charge is 0.187 e. The van der Waals surface area contributed by atoms with Gasteiger partial charge < -0.3 is 15.2 Å². The highest BCUT2D eigenvalue weighted by Crippen LogP contribution is 2.16. The fourth-order valence-corrected chi connectivity index (χ4v) is 2.34. The molecule has 0 radical (unpaired) electrons. The molecule has 1 saturated heterocycles. The van der Waals surface area contributed by atoms with Crippen molar-refractivity contribution < 1.29 is 4.39 Å². The first-order chi connectivity index (χ1) is 9.01. The second kappa shape index (κ2) is 5.77. The number of likely N-dealkylation sites (N-methyl/N-ethyl adjacent to an activating group) is 2. The summed E-state index contributed by atoms with van der Waals surface area (Å²) in [5, 5.41) is 0. The van der Waals surface area contributed by atoms with E-state index < -0.39 is 5.82 Å². The summed E-state index contributed by atoms with van der Waals surface area (Å²) in [5.74, 6) is 5.47. The van der Waals surface area contributed by atoms with Crippen LogP contribution in [0, 0.1) is 12.7 Å². The van der Waals surface area contributed by atoms with Crippen LogP contribution < -0.4 is 11.3 Å². The van der Waals surface area contributed by atoms with Crippen molar-refractivity contribution in [3.63, 3.8) is 0 Å². The zero-order chi connectivity index (χ0) is 14.0. The minimum atomic E-state index is -0.486. The summed E-state index contributed by atoms with van der Waals surface area (Å²) in [4.78, 5) is 12.9. The number of aryl methyl sites for hydroxylation is 1. The van der Waals surface area contributed by atoms with Crippen LogP contribution in [-0.2, 0) is 6.42 Å². The molecule has 1 fully saturated rings. The Morgan fingerprint density at radius 3 is 2.79 bits per heavy atom. The molecule has 0 saturated carbocycles. The van der Waals surface area contributed by atoms with E-state index in [4.69, 9.17) is 5.84 Å². The third-order valence-corrected chi connectivity index (χ3v) is 3.60. The van der Waals surface area contributed by atoms with Crippen molar-refractivity contribution in [2.75, 3.05) is 39.2 Å². The summed E-state index contributed by atoms with van der Waals surface area (Å²) < 4.78 is 13.6. The van der Waals surface area contributed by atoms with Crippen LogP contribution in [0.1, 0.15) is 11.5 Å². The Balaban J connectivity index is 2.16. The quantitative estimate of drug-likeness (QED) is 0.594. The zero-order valence-corrected chi connectivity index (χ0v) is 11.6. The van der Waals surface area contributed by atoms with E-state index in [2.05, 4.69) is 39.3 Å². The van der Waals surface area contributed by atoms with E-state index in [1.54, 1.807) is 6.92 Å². The predicted octanol–water partition coefficient (Wildman–Crippen LogP) is -0.00198. The largest absolute Gasteiger partial charge is 0.306 e. The summed E-state index contributed by atoms with van der Waals surface area (Å²) in [6.07, 6.45) is 0.691. The number of hydrogen-bond donors (Lipinski definition) is 2. The first kappa shape index (κ1) is 14.1. The van der Waals surface area contributed by atoms with Crippen LogP contribution in [-0.4, -0.2) is 59.5 Å². The van der Waals surface area contributed by atoms with Crippen LogP contribution in [0.5, 0.6) is 0 Å². The van der Waals surface area contributed by atoms with Gasteiger partial charge in [-0.25, -0.2) is 20.2 Å². The van der Waals surface area contributed by atoms with Gasteiger partial charge in [0, 0.05) is 32.1 Å². The van der Waals surface area contributed by atoms with Gasteiger partial charge >= 0.3 is 0 Å². The van der Waals surface area contributed by atoms with Crippen molar-refractivity contribution in [2.45, 2.75) is 19.4 Å². The number of nitrogens with zero attached hydrogens (tertiary/aromatic N) is 4. The number of nitrogens with one attached hydrogen (secondary N) is 1. The molecule has 2 heterocycles. The van der Waals surface area contributed by atoms with Crippen molar-refractivity contribution in [3.8, 4) is 0 Å². The Bertz CT molecular complexity index is 452. The van der Waals surface area contributed by atoms with Gasteiger partial charge in [0.25, 0.3) is 0 Å². The van der Waals surface area contributed by atoms with Crippen molar-refractivity contribution >= 4 is 5.82 Å². The Hall–Kier alpha value is -1.31. The molecular formula is C12H21FN6. The molecule has 19 heavy (non-hydrogen) atoms. The lowest BCUT2D eigenvalue weighted by Crippen LogP contribution is -2.51. The highest BCUT2D eigenvalue weighted by Gasteiger charge is 2.24. The number of nitrogens with two attached hydrogens (primary N) is 1. The van der Waals surface area contributed by atoms with Crippen molar-refractivity contribution in [2.24, 2.45) is 5.84 Å². The molecule has 1 aliphatic heterocycles. The van der Waals surface area contributed by atoms with E-state index >= 15 is 0 Å². The first-order valence-electron chi connectivity index (χ1n) is 6.39. The van der Waals surface area contributed by atoms with Crippen LogP contribution in [0.3, 0.4) is 0 Å². The third kappa shape index (κ3) is 3.17. The van der Waals surface area contributed by atoms with E-state index in [0.29, 0.717) is 24.0 Å². The standard InChI is InChI=1S/C12H21FN6/c1-8-11(13)12(17-14)16-10(15-8)6-9-7-18(2)4-5-19(9)3/h9H,4-7,14H2,1-3H3,(H,15,16,17).